The van der Waals surface area contributed by atoms with Gasteiger partial charge in [-0.3, -0.25) is 0 Å². The van der Waals surface area contributed by atoms with Crippen molar-refractivity contribution < 1.29 is 19.0 Å². The summed E-state index contributed by atoms with van der Waals surface area (Å²) in [4.78, 5) is 11.3. The number of phenolic OH excluding ortho intramolecular Hbond substituents is 1. The van der Waals surface area contributed by atoms with Crippen molar-refractivity contribution >= 4 is 28.2 Å². The van der Waals surface area contributed by atoms with E-state index in [-0.39, 0.29) is 22.9 Å². The molecule has 1 N–H and O–H groups in total. The first-order valence-corrected chi connectivity index (χ1v) is 11.9. The number of benzene rings is 1. The number of phenols is 1. The molecule has 0 radical (unpaired) electrons. The largest absolute Gasteiger partial charge is 0.508 e. The molecule has 0 amide bonds. The minimum Gasteiger partial charge on any atom is -0.508 e. The third kappa shape index (κ3) is 4.03. The highest BCUT2D eigenvalue weighted by Gasteiger charge is 2.33. The zero-order valence-corrected chi connectivity index (χ0v) is 19.6. The van der Waals surface area contributed by atoms with E-state index in [0.29, 0.717) is 40.9 Å². The van der Waals surface area contributed by atoms with E-state index in [1.54, 1.807) is 0 Å². The SMILES string of the molecule is CCCCCN1CCOc2nc(-c3cc(O)cc(Cl)c3C3CC3)c(F)c3nc(OC)cc1c23. The number of hydrogen-bond donors (Lipinski definition) is 1. The summed E-state index contributed by atoms with van der Waals surface area (Å²) in [6.07, 6.45) is 5.20. The van der Waals surface area contributed by atoms with Crippen LogP contribution >= 0.6 is 11.6 Å². The third-order valence-corrected chi connectivity index (χ3v) is 6.67. The molecule has 0 spiro atoms. The number of halogens is 2. The minimum atomic E-state index is -0.573. The molecule has 0 unspecified atom stereocenters. The van der Waals surface area contributed by atoms with E-state index >= 15 is 4.39 Å². The van der Waals surface area contributed by atoms with Crippen LogP contribution in [0.5, 0.6) is 17.5 Å². The molecule has 8 heteroatoms. The molecule has 33 heavy (non-hydrogen) atoms. The predicted molar refractivity (Wildman–Crippen MR) is 127 cm³/mol. The number of aromatic hydroxyl groups is 1. The molecule has 3 heterocycles. The first kappa shape index (κ1) is 22.0. The molecule has 0 bridgehead atoms. The summed E-state index contributed by atoms with van der Waals surface area (Å²) in [6.45, 7) is 4.08. The van der Waals surface area contributed by atoms with E-state index in [4.69, 9.17) is 21.1 Å². The number of anilines is 1. The number of methoxy groups -OCH3 is 1. The fourth-order valence-corrected chi connectivity index (χ4v) is 4.95. The van der Waals surface area contributed by atoms with Gasteiger partial charge in [-0.2, -0.15) is 0 Å². The van der Waals surface area contributed by atoms with Gasteiger partial charge in [0, 0.05) is 23.2 Å². The van der Waals surface area contributed by atoms with Crippen LogP contribution in [0.2, 0.25) is 5.02 Å². The van der Waals surface area contributed by atoms with Crippen LogP contribution in [-0.2, 0) is 0 Å². The Balaban J connectivity index is 1.74. The Morgan fingerprint density at radius 2 is 2.06 bits per heavy atom. The standard InChI is InChI=1S/C25H27ClFN3O3/c1-3-4-5-8-30-9-10-33-25-21-18(30)13-19(32-2)28-24(21)22(27)23(29-25)16-11-15(31)12-17(26)20(16)14-6-7-14/h11-14,31H,3-10H2,1-2H3. The molecule has 0 saturated heterocycles. The van der Waals surface area contributed by atoms with Gasteiger partial charge in [-0.25, -0.2) is 14.4 Å². The molecule has 0 atom stereocenters. The highest BCUT2D eigenvalue weighted by molar-refractivity contribution is 6.32. The van der Waals surface area contributed by atoms with Crippen molar-refractivity contribution in [3.8, 4) is 28.8 Å². The topological polar surface area (TPSA) is 67.7 Å². The molecular weight excluding hydrogens is 445 g/mol. The summed E-state index contributed by atoms with van der Waals surface area (Å²) < 4.78 is 27.6. The van der Waals surface area contributed by atoms with E-state index in [1.807, 2.05) is 6.07 Å². The second kappa shape index (κ2) is 8.86. The Morgan fingerprint density at radius 1 is 1.24 bits per heavy atom. The van der Waals surface area contributed by atoms with Crippen LogP contribution in [0.1, 0.15) is 50.5 Å². The van der Waals surface area contributed by atoms with Crippen molar-refractivity contribution in [3.63, 3.8) is 0 Å². The molecule has 1 aliphatic carbocycles. The Bertz CT molecular complexity index is 1220. The van der Waals surface area contributed by atoms with E-state index in [0.717, 1.165) is 49.9 Å². The second-order valence-corrected chi connectivity index (χ2v) is 9.10. The van der Waals surface area contributed by atoms with Gasteiger partial charge in [-0.15, -0.1) is 0 Å². The number of aromatic nitrogens is 2. The van der Waals surface area contributed by atoms with Gasteiger partial charge < -0.3 is 19.5 Å². The average molecular weight is 472 g/mol. The molecule has 1 fully saturated rings. The van der Waals surface area contributed by atoms with E-state index in [1.165, 1.54) is 19.2 Å². The van der Waals surface area contributed by atoms with Crippen LogP contribution in [0.3, 0.4) is 0 Å². The predicted octanol–water partition coefficient (Wildman–Crippen LogP) is 6.07. The molecular formula is C25H27ClFN3O3. The van der Waals surface area contributed by atoms with Crippen LogP contribution in [0.25, 0.3) is 22.2 Å². The summed E-state index contributed by atoms with van der Waals surface area (Å²) in [7, 11) is 1.52. The number of pyridine rings is 2. The lowest BCUT2D eigenvalue weighted by molar-refractivity contribution is 0.319. The molecule has 174 valence electrons. The molecule has 2 aromatic heterocycles. The van der Waals surface area contributed by atoms with Crippen LogP contribution in [0, 0.1) is 5.82 Å². The fraction of sp³-hybridized carbons (Fsp3) is 0.440. The first-order chi connectivity index (χ1) is 16.0. The number of nitrogens with zero attached hydrogens (tertiary/aromatic N) is 3. The number of unbranched alkanes of at least 4 members (excludes halogenated alkanes) is 2. The number of ether oxygens (including phenoxy) is 2. The van der Waals surface area contributed by atoms with Crippen molar-refractivity contribution in [1.82, 2.24) is 9.97 Å². The second-order valence-electron chi connectivity index (χ2n) is 8.69. The van der Waals surface area contributed by atoms with Crippen molar-refractivity contribution in [3.05, 3.63) is 34.6 Å². The van der Waals surface area contributed by atoms with E-state index in [2.05, 4.69) is 21.8 Å². The van der Waals surface area contributed by atoms with Crippen molar-refractivity contribution in [1.29, 1.82) is 0 Å². The maximum Gasteiger partial charge on any atom is 0.225 e. The van der Waals surface area contributed by atoms with Crippen LogP contribution in [-0.4, -0.2) is 41.9 Å². The zero-order valence-electron chi connectivity index (χ0n) is 18.8. The molecule has 1 aliphatic heterocycles. The summed E-state index contributed by atoms with van der Waals surface area (Å²) in [5.41, 5.74) is 2.34. The number of rotatable bonds is 7. The number of hydrogen-bond acceptors (Lipinski definition) is 6. The van der Waals surface area contributed by atoms with Gasteiger partial charge in [0.25, 0.3) is 0 Å². The van der Waals surface area contributed by atoms with Crippen LogP contribution in [0.4, 0.5) is 10.1 Å². The van der Waals surface area contributed by atoms with Gasteiger partial charge >= 0.3 is 0 Å². The molecule has 6 nitrogen and oxygen atoms in total. The van der Waals surface area contributed by atoms with Gasteiger partial charge in [0.15, 0.2) is 5.82 Å². The Kier molecular flexibility index (Phi) is 5.91. The van der Waals surface area contributed by atoms with Crippen LogP contribution in [0.15, 0.2) is 18.2 Å². The van der Waals surface area contributed by atoms with Gasteiger partial charge in [-0.1, -0.05) is 31.4 Å². The highest BCUT2D eigenvalue weighted by atomic mass is 35.5. The molecule has 1 aromatic carbocycles. The maximum absolute atomic E-state index is 16.1. The molecule has 5 rings (SSSR count). The summed E-state index contributed by atoms with van der Waals surface area (Å²) in [5, 5.41) is 11.2. The zero-order chi connectivity index (χ0) is 23.1. The quantitative estimate of drug-likeness (QED) is 0.422. The normalized spacial score (nSPS) is 15.5. The van der Waals surface area contributed by atoms with Gasteiger partial charge in [0.05, 0.1) is 24.7 Å². The molecule has 2 aliphatic rings. The van der Waals surface area contributed by atoms with Crippen molar-refractivity contribution in [2.75, 3.05) is 31.7 Å². The minimum absolute atomic E-state index is 0.0335. The van der Waals surface area contributed by atoms with E-state index in [9.17, 15) is 5.11 Å². The van der Waals surface area contributed by atoms with E-state index < -0.39 is 5.82 Å². The van der Waals surface area contributed by atoms with Crippen molar-refractivity contribution in [2.24, 2.45) is 0 Å². The monoisotopic (exact) mass is 471 g/mol. The lowest BCUT2D eigenvalue weighted by Crippen LogP contribution is -2.28. The first-order valence-electron chi connectivity index (χ1n) is 11.5. The molecule has 1 saturated carbocycles. The van der Waals surface area contributed by atoms with Gasteiger partial charge in [0.1, 0.15) is 23.6 Å². The van der Waals surface area contributed by atoms with Gasteiger partial charge in [-0.05, 0) is 42.9 Å². The van der Waals surface area contributed by atoms with Crippen LogP contribution < -0.4 is 14.4 Å². The molecule has 3 aromatic rings. The smallest absolute Gasteiger partial charge is 0.225 e. The van der Waals surface area contributed by atoms with Crippen molar-refractivity contribution in [2.45, 2.75) is 44.9 Å². The lowest BCUT2D eigenvalue weighted by atomic mass is 9.98. The summed E-state index contributed by atoms with van der Waals surface area (Å²) in [5.74, 6) is 0.294. The maximum atomic E-state index is 16.1. The van der Waals surface area contributed by atoms with Gasteiger partial charge in [0.2, 0.25) is 11.8 Å². The Labute approximate surface area is 197 Å². The fourth-order valence-electron chi connectivity index (χ4n) is 4.58. The Hall–Kier alpha value is -2.80. The Morgan fingerprint density at radius 3 is 2.79 bits per heavy atom. The third-order valence-electron chi connectivity index (χ3n) is 6.35. The summed E-state index contributed by atoms with van der Waals surface area (Å²) in [6, 6.07) is 4.85. The summed E-state index contributed by atoms with van der Waals surface area (Å²) >= 11 is 6.47. The average Bonchev–Trinajstić information content (AvgIpc) is 3.64. The lowest BCUT2D eigenvalue weighted by Gasteiger charge is -2.24. The highest BCUT2D eigenvalue weighted by Crippen LogP contribution is 2.50.